The first kappa shape index (κ1) is 13.3. The predicted octanol–water partition coefficient (Wildman–Crippen LogP) is 3.43. The molecule has 0 fully saturated rings. The lowest BCUT2D eigenvalue weighted by atomic mass is 10.3. The Kier molecular flexibility index (Phi) is 4.58. The van der Waals surface area contributed by atoms with Gasteiger partial charge in [0.1, 0.15) is 5.69 Å². The van der Waals surface area contributed by atoms with Gasteiger partial charge in [-0.1, -0.05) is 35.1 Å². The van der Waals surface area contributed by atoms with E-state index >= 15 is 0 Å². The molecule has 2 rings (SSSR count). The maximum Gasteiger partial charge on any atom is 0.142 e. The molecular formula is C14H17N2S2+. The normalized spacial score (nSPS) is 10.4. The van der Waals surface area contributed by atoms with E-state index in [2.05, 4.69) is 61.1 Å². The van der Waals surface area contributed by atoms with Crippen LogP contribution in [-0.2, 0) is 0 Å². The maximum absolute atomic E-state index is 4.05. The van der Waals surface area contributed by atoms with Crippen molar-refractivity contribution >= 4 is 33.0 Å². The molecule has 0 aromatic heterocycles. The van der Waals surface area contributed by atoms with Crippen LogP contribution in [0.15, 0.2) is 58.3 Å². The molecule has 18 heavy (non-hydrogen) atoms. The molecule has 94 valence electrons. The molecule has 3 N–H and O–H groups in total. The van der Waals surface area contributed by atoms with Crippen LogP contribution in [0.2, 0.25) is 0 Å². The Balaban J connectivity index is 2.14. The lowest BCUT2D eigenvalue weighted by Crippen LogP contribution is -2.40. The number of para-hydroxylation sites is 1. The standard InChI is InChI=1S/C14H16N2S2/c1-16(2)12-8-4-6-10-14(12)18-17-13-9-5-3-7-11(13)15/h3-10H,15H2,1-2H3/p+1. The Hall–Kier alpha value is -1.10. The van der Waals surface area contributed by atoms with Crippen LogP contribution >= 0.6 is 21.6 Å². The van der Waals surface area contributed by atoms with Crippen LogP contribution in [0.1, 0.15) is 0 Å². The molecule has 0 saturated heterocycles. The zero-order valence-electron chi connectivity index (χ0n) is 10.6. The Bertz CT molecular complexity index is 527. The molecule has 0 unspecified atom stereocenters. The minimum Gasteiger partial charge on any atom is -0.377 e. The highest BCUT2D eigenvalue weighted by molar-refractivity contribution is 8.76. The largest absolute Gasteiger partial charge is 0.377 e. The van der Waals surface area contributed by atoms with Gasteiger partial charge in [-0.3, -0.25) is 0 Å². The van der Waals surface area contributed by atoms with Crippen LogP contribution in [0.3, 0.4) is 0 Å². The summed E-state index contributed by atoms with van der Waals surface area (Å²) in [5.74, 6) is 0. The molecule has 2 aromatic rings. The fraction of sp³-hybridized carbons (Fsp3) is 0.143. The Morgan fingerprint density at radius 1 is 0.833 bits per heavy atom. The number of hydrogen-bond acceptors (Lipinski definition) is 3. The molecule has 0 heterocycles. The fourth-order valence-electron chi connectivity index (χ4n) is 1.57. The van der Waals surface area contributed by atoms with Crippen molar-refractivity contribution in [1.82, 2.24) is 0 Å². The van der Waals surface area contributed by atoms with Gasteiger partial charge in [-0.2, -0.15) is 0 Å². The predicted molar refractivity (Wildman–Crippen MR) is 81.5 cm³/mol. The van der Waals surface area contributed by atoms with Crippen LogP contribution in [0.4, 0.5) is 11.4 Å². The van der Waals surface area contributed by atoms with Gasteiger partial charge in [0, 0.05) is 25.1 Å². The molecule has 0 amide bonds. The van der Waals surface area contributed by atoms with Gasteiger partial charge in [0.15, 0.2) is 0 Å². The number of hydrogen-bond donors (Lipinski definition) is 1. The third-order valence-corrected chi connectivity index (χ3v) is 5.05. The Morgan fingerprint density at radius 3 is 2.06 bits per heavy atom. The summed E-state index contributed by atoms with van der Waals surface area (Å²) in [5, 5.41) is 0. The lowest BCUT2D eigenvalue weighted by molar-refractivity contribution is -0.258. The van der Waals surface area contributed by atoms with E-state index in [-0.39, 0.29) is 0 Å². The summed E-state index contributed by atoms with van der Waals surface area (Å²) in [6.07, 6.45) is 0. The quantitative estimate of drug-likeness (QED) is 0.869. The number of anilines is 1. The van der Waals surface area contributed by atoms with Crippen LogP contribution in [0.25, 0.3) is 0 Å². The molecule has 2 aromatic carbocycles. The zero-order chi connectivity index (χ0) is 13.0. The molecule has 0 radical (unpaired) electrons. The molecule has 0 atom stereocenters. The van der Waals surface area contributed by atoms with Crippen molar-refractivity contribution in [3.63, 3.8) is 0 Å². The summed E-state index contributed by atoms with van der Waals surface area (Å²) >= 11 is 0. The summed E-state index contributed by atoms with van der Waals surface area (Å²) in [6, 6.07) is 16.7. The van der Waals surface area contributed by atoms with Crippen molar-refractivity contribution in [2.24, 2.45) is 0 Å². The Labute approximate surface area is 116 Å². The minimum absolute atomic E-state index is 1.08. The van der Waals surface area contributed by atoms with Crippen LogP contribution in [-0.4, -0.2) is 14.1 Å². The molecule has 4 heteroatoms. The minimum atomic E-state index is 1.08. The van der Waals surface area contributed by atoms with Gasteiger partial charge in [-0.05, 0) is 29.0 Å². The van der Waals surface area contributed by atoms with E-state index in [1.165, 1.54) is 15.5 Å². The van der Waals surface area contributed by atoms with Crippen molar-refractivity contribution in [2.75, 3.05) is 19.0 Å². The number of nitrogens with zero attached hydrogens (tertiary/aromatic N) is 1. The van der Waals surface area contributed by atoms with Crippen molar-refractivity contribution in [3.05, 3.63) is 48.5 Å². The van der Waals surface area contributed by atoms with Gasteiger partial charge in [0.25, 0.3) is 0 Å². The van der Waals surface area contributed by atoms with E-state index in [1.54, 1.807) is 21.6 Å². The van der Waals surface area contributed by atoms with E-state index in [4.69, 9.17) is 0 Å². The average molecular weight is 277 g/mol. The lowest BCUT2D eigenvalue weighted by Gasteiger charge is -2.16. The average Bonchev–Trinajstić information content (AvgIpc) is 2.38. The first-order valence-corrected chi connectivity index (χ1v) is 7.85. The van der Waals surface area contributed by atoms with Gasteiger partial charge >= 0.3 is 0 Å². The first-order valence-electron chi connectivity index (χ1n) is 5.70. The molecule has 0 saturated carbocycles. The summed E-state index contributed by atoms with van der Waals surface area (Å²) < 4.78 is 0. The van der Waals surface area contributed by atoms with Gasteiger partial charge in [-0.15, -0.1) is 0 Å². The topological polar surface area (TPSA) is 30.9 Å². The molecule has 0 aliphatic carbocycles. The van der Waals surface area contributed by atoms with Gasteiger partial charge in [-0.25, -0.2) is 0 Å². The summed E-state index contributed by atoms with van der Waals surface area (Å²) in [5.41, 5.74) is 6.37. The van der Waals surface area contributed by atoms with Crippen molar-refractivity contribution in [2.45, 2.75) is 9.79 Å². The van der Waals surface area contributed by atoms with Crippen LogP contribution in [0.5, 0.6) is 0 Å². The first-order chi connectivity index (χ1) is 8.68. The number of benzene rings is 2. The summed E-state index contributed by atoms with van der Waals surface area (Å²) in [6.45, 7) is 0. The van der Waals surface area contributed by atoms with Gasteiger partial charge < -0.3 is 10.6 Å². The molecule has 0 aliphatic rings. The summed E-state index contributed by atoms with van der Waals surface area (Å²) in [7, 11) is 7.67. The Morgan fingerprint density at radius 2 is 1.39 bits per heavy atom. The van der Waals surface area contributed by atoms with Gasteiger partial charge in [0.05, 0.1) is 10.6 Å². The van der Waals surface area contributed by atoms with Gasteiger partial charge in [0.2, 0.25) is 0 Å². The van der Waals surface area contributed by atoms with Crippen molar-refractivity contribution < 1.29 is 5.73 Å². The smallest absolute Gasteiger partial charge is 0.142 e. The highest BCUT2D eigenvalue weighted by Gasteiger charge is 2.07. The zero-order valence-corrected chi connectivity index (χ0v) is 12.2. The second kappa shape index (κ2) is 6.18. The van der Waals surface area contributed by atoms with E-state index in [9.17, 15) is 0 Å². The number of quaternary nitrogens is 1. The molecule has 0 aliphatic heterocycles. The van der Waals surface area contributed by atoms with E-state index in [1.807, 2.05) is 12.1 Å². The second-order valence-corrected chi connectivity index (χ2v) is 6.35. The third kappa shape index (κ3) is 3.22. The van der Waals surface area contributed by atoms with E-state index in [0.29, 0.717) is 0 Å². The monoisotopic (exact) mass is 277 g/mol. The molecular weight excluding hydrogens is 260 g/mol. The molecule has 0 bridgehead atoms. The maximum atomic E-state index is 4.05. The van der Waals surface area contributed by atoms with E-state index in [0.717, 1.165) is 5.69 Å². The fourth-order valence-corrected chi connectivity index (χ4v) is 3.98. The second-order valence-electron chi connectivity index (χ2n) is 4.14. The summed E-state index contributed by atoms with van der Waals surface area (Å²) in [4.78, 5) is 4.63. The third-order valence-electron chi connectivity index (χ3n) is 2.54. The van der Waals surface area contributed by atoms with E-state index < -0.39 is 0 Å². The van der Waals surface area contributed by atoms with Crippen molar-refractivity contribution in [1.29, 1.82) is 0 Å². The van der Waals surface area contributed by atoms with Crippen LogP contribution < -0.4 is 10.6 Å². The molecule has 2 nitrogen and oxygen atoms in total. The van der Waals surface area contributed by atoms with Crippen LogP contribution in [0, 0.1) is 0 Å². The highest BCUT2D eigenvalue weighted by Crippen LogP contribution is 2.42. The van der Waals surface area contributed by atoms with Crippen molar-refractivity contribution in [3.8, 4) is 0 Å². The number of rotatable bonds is 4. The molecule has 0 spiro atoms. The SMILES string of the molecule is CN(C)c1ccccc1SSc1ccccc1[NH3+]. The highest BCUT2D eigenvalue weighted by atomic mass is 33.1.